The van der Waals surface area contributed by atoms with E-state index in [1.54, 1.807) is 4.90 Å². The molecule has 0 aromatic rings. The molecule has 1 atom stereocenters. The minimum Gasteiger partial charge on any atom is -0.450 e. The summed E-state index contributed by atoms with van der Waals surface area (Å²) in [5.41, 5.74) is 0. The van der Waals surface area contributed by atoms with E-state index in [1.807, 2.05) is 6.92 Å². The first-order chi connectivity index (χ1) is 9.69. The zero-order valence-corrected chi connectivity index (χ0v) is 12.1. The Bertz CT molecular complexity index is 373. The van der Waals surface area contributed by atoms with Gasteiger partial charge in [0, 0.05) is 25.6 Å². The summed E-state index contributed by atoms with van der Waals surface area (Å²) in [6.45, 7) is 3.53. The van der Waals surface area contributed by atoms with Crippen molar-refractivity contribution in [3.63, 3.8) is 0 Å². The van der Waals surface area contributed by atoms with Crippen molar-refractivity contribution in [2.45, 2.75) is 45.1 Å². The van der Waals surface area contributed by atoms with Crippen LogP contribution in [-0.4, -0.2) is 42.6 Å². The number of allylic oxidation sites excluding steroid dienone is 2. The SMILES string of the molecule is CCOC(=O)N1CCC(NC(=O)C[C@@H]2C=CCC2)CC1. The van der Waals surface area contributed by atoms with Gasteiger partial charge < -0.3 is 15.0 Å². The van der Waals surface area contributed by atoms with Crippen LogP contribution in [0.15, 0.2) is 12.2 Å². The standard InChI is InChI=1S/C15H24N2O3/c1-2-20-15(19)17-9-7-13(8-10-17)16-14(18)11-12-5-3-4-6-12/h3,5,12-13H,2,4,6-11H2,1H3,(H,16,18)/t12-/m1/s1. The van der Waals surface area contributed by atoms with Crippen LogP contribution in [0.5, 0.6) is 0 Å². The molecule has 1 N–H and O–H groups in total. The zero-order valence-electron chi connectivity index (χ0n) is 12.1. The molecule has 1 aliphatic heterocycles. The van der Waals surface area contributed by atoms with Gasteiger partial charge in [-0.2, -0.15) is 0 Å². The first-order valence-electron chi connectivity index (χ1n) is 7.56. The lowest BCUT2D eigenvalue weighted by Crippen LogP contribution is -2.46. The summed E-state index contributed by atoms with van der Waals surface area (Å²) in [6, 6.07) is 0.193. The molecule has 112 valence electrons. The Labute approximate surface area is 120 Å². The molecular formula is C15H24N2O3. The largest absolute Gasteiger partial charge is 0.450 e. The third kappa shape index (κ3) is 4.25. The summed E-state index contributed by atoms with van der Waals surface area (Å²) >= 11 is 0. The molecule has 1 aliphatic carbocycles. The van der Waals surface area contributed by atoms with Gasteiger partial charge in [-0.3, -0.25) is 4.79 Å². The molecule has 1 heterocycles. The number of hydrogen-bond acceptors (Lipinski definition) is 3. The number of rotatable bonds is 4. The number of carbonyl (C=O) groups excluding carboxylic acids is 2. The van der Waals surface area contributed by atoms with Crippen molar-refractivity contribution in [2.75, 3.05) is 19.7 Å². The molecule has 0 bridgehead atoms. The fraction of sp³-hybridized carbons (Fsp3) is 0.733. The quantitative estimate of drug-likeness (QED) is 0.802. The van der Waals surface area contributed by atoms with Gasteiger partial charge in [0.2, 0.25) is 5.91 Å². The van der Waals surface area contributed by atoms with Crippen molar-refractivity contribution >= 4 is 12.0 Å². The van der Waals surface area contributed by atoms with Gasteiger partial charge in [-0.15, -0.1) is 0 Å². The van der Waals surface area contributed by atoms with Crippen molar-refractivity contribution in [3.8, 4) is 0 Å². The molecule has 1 fully saturated rings. The fourth-order valence-electron chi connectivity index (χ4n) is 2.81. The van der Waals surface area contributed by atoms with Crippen LogP contribution >= 0.6 is 0 Å². The number of carbonyl (C=O) groups is 2. The maximum absolute atomic E-state index is 11.9. The lowest BCUT2D eigenvalue weighted by molar-refractivity contribution is -0.122. The molecule has 0 unspecified atom stereocenters. The van der Waals surface area contributed by atoms with Gasteiger partial charge in [0.15, 0.2) is 0 Å². The summed E-state index contributed by atoms with van der Waals surface area (Å²) in [6.07, 6.45) is 8.45. The predicted molar refractivity (Wildman–Crippen MR) is 76.2 cm³/mol. The van der Waals surface area contributed by atoms with E-state index in [2.05, 4.69) is 17.5 Å². The topological polar surface area (TPSA) is 58.6 Å². The molecule has 2 amide bonds. The van der Waals surface area contributed by atoms with Gasteiger partial charge in [0.05, 0.1) is 6.61 Å². The van der Waals surface area contributed by atoms with E-state index in [0.29, 0.717) is 32.0 Å². The van der Waals surface area contributed by atoms with Gasteiger partial charge in [0.1, 0.15) is 0 Å². The lowest BCUT2D eigenvalue weighted by atomic mass is 10.0. The van der Waals surface area contributed by atoms with Crippen LogP contribution in [-0.2, 0) is 9.53 Å². The molecular weight excluding hydrogens is 256 g/mol. The van der Waals surface area contributed by atoms with Gasteiger partial charge >= 0.3 is 6.09 Å². The Hall–Kier alpha value is -1.52. The number of nitrogens with one attached hydrogen (secondary N) is 1. The second kappa shape index (κ2) is 7.31. The van der Waals surface area contributed by atoms with Gasteiger partial charge in [-0.1, -0.05) is 12.2 Å². The average molecular weight is 280 g/mol. The average Bonchev–Trinajstić information content (AvgIpc) is 2.92. The molecule has 0 saturated carbocycles. The molecule has 5 heteroatoms. The summed E-state index contributed by atoms with van der Waals surface area (Å²) in [7, 11) is 0. The number of ether oxygens (including phenoxy) is 1. The minimum atomic E-state index is -0.242. The number of likely N-dealkylation sites (tertiary alicyclic amines) is 1. The molecule has 20 heavy (non-hydrogen) atoms. The van der Waals surface area contributed by atoms with E-state index in [9.17, 15) is 9.59 Å². The minimum absolute atomic E-state index is 0.135. The number of hydrogen-bond donors (Lipinski definition) is 1. The fourth-order valence-corrected chi connectivity index (χ4v) is 2.81. The zero-order chi connectivity index (χ0) is 14.4. The van der Waals surface area contributed by atoms with E-state index in [1.165, 1.54) is 0 Å². The first-order valence-corrected chi connectivity index (χ1v) is 7.56. The van der Waals surface area contributed by atoms with Crippen molar-refractivity contribution in [1.29, 1.82) is 0 Å². The molecule has 2 aliphatic rings. The van der Waals surface area contributed by atoms with Crippen LogP contribution in [0.3, 0.4) is 0 Å². The van der Waals surface area contributed by atoms with Crippen molar-refractivity contribution in [1.82, 2.24) is 10.2 Å². The number of amides is 2. The third-order valence-electron chi connectivity index (χ3n) is 3.95. The highest BCUT2D eigenvalue weighted by Crippen LogP contribution is 2.20. The Kier molecular flexibility index (Phi) is 5.44. The second-order valence-corrected chi connectivity index (χ2v) is 5.50. The smallest absolute Gasteiger partial charge is 0.409 e. The third-order valence-corrected chi connectivity index (χ3v) is 3.95. The van der Waals surface area contributed by atoms with Gasteiger partial charge in [-0.25, -0.2) is 4.79 Å². The molecule has 1 saturated heterocycles. The highest BCUT2D eigenvalue weighted by atomic mass is 16.6. The highest BCUT2D eigenvalue weighted by Gasteiger charge is 2.25. The van der Waals surface area contributed by atoms with Crippen molar-refractivity contribution < 1.29 is 14.3 Å². The van der Waals surface area contributed by atoms with Crippen LogP contribution in [0.2, 0.25) is 0 Å². The molecule has 0 aromatic heterocycles. The van der Waals surface area contributed by atoms with Crippen LogP contribution < -0.4 is 5.32 Å². The van der Waals surface area contributed by atoms with E-state index in [-0.39, 0.29) is 18.0 Å². The molecule has 2 rings (SSSR count). The van der Waals surface area contributed by atoms with E-state index < -0.39 is 0 Å². The Morgan fingerprint density at radius 2 is 2.05 bits per heavy atom. The van der Waals surface area contributed by atoms with Crippen LogP contribution in [0.25, 0.3) is 0 Å². The summed E-state index contributed by atoms with van der Waals surface area (Å²) < 4.78 is 4.98. The number of piperidine rings is 1. The van der Waals surface area contributed by atoms with Crippen molar-refractivity contribution in [3.05, 3.63) is 12.2 Å². The normalized spacial score (nSPS) is 22.9. The van der Waals surface area contributed by atoms with Crippen LogP contribution in [0.4, 0.5) is 4.79 Å². The van der Waals surface area contributed by atoms with Crippen molar-refractivity contribution in [2.24, 2.45) is 5.92 Å². The monoisotopic (exact) mass is 280 g/mol. The van der Waals surface area contributed by atoms with E-state index in [4.69, 9.17) is 4.74 Å². The summed E-state index contributed by atoms with van der Waals surface area (Å²) in [4.78, 5) is 25.2. The lowest BCUT2D eigenvalue weighted by Gasteiger charge is -2.31. The van der Waals surface area contributed by atoms with E-state index in [0.717, 1.165) is 25.7 Å². The Morgan fingerprint density at radius 3 is 2.65 bits per heavy atom. The number of nitrogens with zero attached hydrogens (tertiary/aromatic N) is 1. The second-order valence-electron chi connectivity index (χ2n) is 5.50. The van der Waals surface area contributed by atoms with E-state index >= 15 is 0 Å². The van der Waals surface area contributed by atoms with Crippen LogP contribution in [0, 0.1) is 5.92 Å². The van der Waals surface area contributed by atoms with Gasteiger partial charge in [-0.05, 0) is 38.5 Å². The molecule has 5 nitrogen and oxygen atoms in total. The maximum Gasteiger partial charge on any atom is 0.409 e. The van der Waals surface area contributed by atoms with Crippen LogP contribution in [0.1, 0.15) is 39.0 Å². The first kappa shape index (κ1) is 14.9. The highest BCUT2D eigenvalue weighted by molar-refractivity contribution is 5.76. The predicted octanol–water partition coefficient (Wildman–Crippen LogP) is 2.08. The molecule has 0 aromatic carbocycles. The molecule has 0 spiro atoms. The summed E-state index contributed by atoms with van der Waals surface area (Å²) in [5, 5.41) is 3.09. The summed E-state index contributed by atoms with van der Waals surface area (Å²) in [5.74, 6) is 0.547. The Morgan fingerprint density at radius 1 is 1.30 bits per heavy atom. The molecule has 0 radical (unpaired) electrons. The maximum atomic E-state index is 11.9. The van der Waals surface area contributed by atoms with Gasteiger partial charge in [0.25, 0.3) is 0 Å². The Balaban J connectivity index is 1.67.